The van der Waals surface area contributed by atoms with Gasteiger partial charge in [0.1, 0.15) is 5.75 Å². The zero-order chi connectivity index (χ0) is 16.1. The lowest BCUT2D eigenvalue weighted by Crippen LogP contribution is -2.45. The SMILES string of the molecule is CCO[Si](CCCCCOc1ccccc1)(OCC)OCC. The molecular formula is C17H30O4Si. The summed E-state index contributed by atoms with van der Waals surface area (Å²) in [6.45, 7) is 8.65. The quantitative estimate of drug-likeness (QED) is 0.400. The first-order valence-electron chi connectivity index (χ1n) is 8.36. The van der Waals surface area contributed by atoms with E-state index in [4.69, 9.17) is 18.0 Å². The van der Waals surface area contributed by atoms with E-state index in [9.17, 15) is 0 Å². The van der Waals surface area contributed by atoms with Crippen molar-refractivity contribution in [1.29, 1.82) is 0 Å². The van der Waals surface area contributed by atoms with E-state index < -0.39 is 8.80 Å². The zero-order valence-electron chi connectivity index (χ0n) is 14.2. The summed E-state index contributed by atoms with van der Waals surface area (Å²) in [6.07, 6.45) is 3.17. The van der Waals surface area contributed by atoms with E-state index in [0.717, 1.165) is 37.7 Å². The van der Waals surface area contributed by atoms with Crippen LogP contribution in [0, 0.1) is 0 Å². The topological polar surface area (TPSA) is 36.9 Å². The standard InChI is InChI=1S/C17H30O4Si/c1-4-19-22(20-5-2,21-6-3)16-12-8-11-15-18-17-13-9-7-10-14-17/h7,9-10,13-14H,4-6,8,11-12,15-16H2,1-3H3. The fourth-order valence-corrected chi connectivity index (χ4v) is 5.01. The molecule has 0 bridgehead atoms. The van der Waals surface area contributed by atoms with Crippen LogP contribution >= 0.6 is 0 Å². The third kappa shape index (κ3) is 7.40. The summed E-state index contributed by atoms with van der Waals surface area (Å²) in [5, 5.41) is 0. The number of unbranched alkanes of at least 4 members (excludes halogenated alkanes) is 2. The van der Waals surface area contributed by atoms with Crippen LogP contribution in [0.15, 0.2) is 30.3 Å². The van der Waals surface area contributed by atoms with Gasteiger partial charge in [0.05, 0.1) is 6.61 Å². The van der Waals surface area contributed by atoms with Gasteiger partial charge in [-0.2, -0.15) is 0 Å². The molecule has 0 spiro atoms. The average Bonchev–Trinajstić information content (AvgIpc) is 2.52. The number of hydrogen-bond acceptors (Lipinski definition) is 4. The lowest BCUT2D eigenvalue weighted by Gasteiger charge is -2.28. The number of ether oxygens (including phenoxy) is 1. The molecule has 4 nitrogen and oxygen atoms in total. The van der Waals surface area contributed by atoms with E-state index in [1.807, 2.05) is 51.1 Å². The van der Waals surface area contributed by atoms with E-state index >= 15 is 0 Å². The monoisotopic (exact) mass is 326 g/mol. The number of para-hydroxylation sites is 1. The summed E-state index contributed by atoms with van der Waals surface area (Å²) in [4.78, 5) is 0. The summed E-state index contributed by atoms with van der Waals surface area (Å²) in [7, 11) is -2.46. The van der Waals surface area contributed by atoms with Gasteiger partial charge >= 0.3 is 8.80 Å². The highest BCUT2D eigenvalue weighted by molar-refractivity contribution is 6.60. The van der Waals surface area contributed by atoms with Crippen molar-refractivity contribution < 1.29 is 18.0 Å². The summed E-state index contributed by atoms with van der Waals surface area (Å²) >= 11 is 0. The van der Waals surface area contributed by atoms with Gasteiger partial charge < -0.3 is 18.0 Å². The lowest BCUT2D eigenvalue weighted by molar-refractivity contribution is 0.0705. The smallest absolute Gasteiger partial charge is 0.494 e. The van der Waals surface area contributed by atoms with Crippen molar-refractivity contribution in [2.45, 2.75) is 46.1 Å². The van der Waals surface area contributed by atoms with Gasteiger partial charge in [0.25, 0.3) is 0 Å². The van der Waals surface area contributed by atoms with Crippen molar-refractivity contribution in [2.75, 3.05) is 26.4 Å². The highest BCUT2D eigenvalue weighted by atomic mass is 28.4. The second-order valence-electron chi connectivity index (χ2n) is 4.95. The molecule has 1 aromatic carbocycles. The maximum absolute atomic E-state index is 5.85. The molecule has 0 heterocycles. The molecule has 0 unspecified atom stereocenters. The predicted octanol–water partition coefficient (Wildman–Crippen LogP) is 4.28. The van der Waals surface area contributed by atoms with Gasteiger partial charge in [-0.3, -0.25) is 0 Å². The van der Waals surface area contributed by atoms with Crippen LogP contribution in [0.1, 0.15) is 40.0 Å². The van der Waals surface area contributed by atoms with Gasteiger partial charge in [-0.05, 0) is 45.7 Å². The summed E-state index contributed by atoms with van der Waals surface area (Å²) < 4.78 is 23.2. The lowest BCUT2D eigenvalue weighted by atomic mass is 10.3. The molecule has 126 valence electrons. The molecule has 0 N–H and O–H groups in total. The Hall–Kier alpha value is -0.883. The van der Waals surface area contributed by atoms with Crippen LogP contribution < -0.4 is 4.74 Å². The summed E-state index contributed by atoms with van der Waals surface area (Å²) in [6, 6.07) is 10.8. The first kappa shape index (κ1) is 19.2. The van der Waals surface area contributed by atoms with Crippen molar-refractivity contribution in [1.82, 2.24) is 0 Å². The predicted molar refractivity (Wildman–Crippen MR) is 91.2 cm³/mol. The van der Waals surface area contributed by atoms with Gasteiger partial charge in [0, 0.05) is 25.9 Å². The van der Waals surface area contributed by atoms with E-state index in [1.54, 1.807) is 0 Å². The molecule has 0 fully saturated rings. The van der Waals surface area contributed by atoms with Gasteiger partial charge in [-0.15, -0.1) is 0 Å². The molecule has 0 aromatic heterocycles. The number of rotatable bonds is 13. The Balaban J connectivity index is 2.24. The van der Waals surface area contributed by atoms with Crippen molar-refractivity contribution in [3.63, 3.8) is 0 Å². The van der Waals surface area contributed by atoms with Gasteiger partial charge in [-0.25, -0.2) is 0 Å². The van der Waals surface area contributed by atoms with Crippen LogP contribution in [0.25, 0.3) is 0 Å². The second-order valence-corrected chi connectivity index (χ2v) is 7.69. The molecule has 0 atom stereocenters. The minimum atomic E-state index is -2.46. The van der Waals surface area contributed by atoms with Crippen molar-refractivity contribution in [3.8, 4) is 5.75 Å². The van der Waals surface area contributed by atoms with Crippen LogP contribution in [0.5, 0.6) is 5.75 Å². The van der Waals surface area contributed by atoms with E-state index in [2.05, 4.69) is 0 Å². The third-order valence-corrected chi connectivity index (χ3v) is 6.38. The highest BCUT2D eigenvalue weighted by Gasteiger charge is 2.39. The summed E-state index contributed by atoms with van der Waals surface area (Å²) in [5.74, 6) is 0.934. The molecule has 0 aliphatic rings. The van der Waals surface area contributed by atoms with Crippen molar-refractivity contribution >= 4 is 8.80 Å². The Morgan fingerprint density at radius 2 is 1.36 bits per heavy atom. The van der Waals surface area contributed by atoms with Crippen LogP contribution in [-0.2, 0) is 13.3 Å². The number of benzene rings is 1. The van der Waals surface area contributed by atoms with Crippen molar-refractivity contribution in [2.24, 2.45) is 0 Å². The Morgan fingerprint density at radius 1 is 0.773 bits per heavy atom. The molecule has 0 aliphatic heterocycles. The van der Waals surface area contributed by atoms with Gasteiger partial charge in [0.15, 0.2) is 0 Å². The first-order valence-corrected chi connectivity index (χ1v) is 10.3. The van der Waals surface area contributed by atoms with Crippen LogP contribution in [0.3, 0.4) is 0 Å². The molecule has 5 heteroatoms. The fourth-order valence-electron chi connectivity index (χ4n) is 2.33. The minimum absolute atomic E-state index is 0.642. The van der Waals surface area contributed by atoms with Crippen LogP contribution in [-0.4, -0.2) is 35.2 Å². The maximum Gasteiger partial charge on any atom is 0.500 e. The molecular weight excluding hydrogens is 296 g/mol. The molecule has 1 rings (SSSR count). The van der Waals surface area contributed by atoms with E-state index in [1.165, 1.54) is 0 Å². The number of hydrogen-bond donors (Lipinski definition) is 0. The summed E-state index contributed by atoms with van der Waals surface area (Å²) in [5.41, 5.74) is 0. The normalized spacial score (nSPS) is 11.6. The Labute approximate surface area is 136 Å². The highest BCUT2D eigenvalue weighted by Crippen LogP contribution is 2.20. The molecule has 0 radical (unpaired) electrons. The maximum atomic E-state index is 5.85. The zero-order valence-corrected chi connectivity index (χ0v) is 15.2. The van der Waals surface area contributed by atoms with Crippen LogP contribution in [0.4, 0.5) is 0 Å². The first-order chi connectivity index (χ1) is 10.8. The van der Waals surface area contributed by atoms with Gasteiger partial charge in [0.2, 0.25) is 0 Å². The van der Waals surface area contributed by atoms with E-state index in [-0.39, 0.29) is 0 Å². The third-order valence-electron chi connectivity index (χ3n) is 3.23. The Kier molecular flexibility index (Phi) is 10.2. The molecule has 22 heavy (non-hydrogen) atoms. The fraction of sp³-hybridized carbons (Fsp3) is 0.647. The molecule has 0 amide bonds. The van der Waals surface area contributed by atoms with Gasteiger partial charge in [-0.1, -0.05) is 24.6 Å². The largest absolute Gasteiger partial charge is 0.500 e. The second kappa shape index (κ2) is 11.7. The Morgan fingerprint density at radius 3 is 1.91 bits per heavy atom. The Bertz CT molecular complexity index is 355. The molecule has 0 saturated carbocycles. The van der Waals surface area contributed by atoms with Crippen LogP contribution in [0.2, 0.25) is 6.04 Å². The van der Waals surface area contributed by atoms with E-state index in [0.29, 0.717) is 19.8 Å². The minimum Gasteiger partial charge on any atom is -0.494 e. The van der Waals surface area contributed by atoms with Crippen molar-refractivity contribution in [3.05, 3.63) is 30.3 Å². The molecule has 0 saturated heterocycles. The average molecular weight is 327 g/mol. The molecule has 0 aliphatic carbocycles. The molecule has 1 aromatic rings.